The van der Waals surface area contributed by atoms with Gasteiger partial charge in [-0.05, 0) is 51.9 Å². The second-order valence-corrected chi connectivity index (χ2v) is 6.15. The first-order valence-electron chi connectivity index (χ1n) is 6.93. The molecule has 2 heterocycles. The zero-order valence-corrected chi connectivity index (χ0v) is 12.6. The van der Waals surface area contributed by atoms with E-state index in [9.17, 15) is 4.79 Å². The third-order valence-corrected chi connectivity index (χ3v) is 3.10. The predicted octanol–water partition coefficient (Wildman–Crippen LogP) is 2.76. The molecule has 0 fully saturated rings. The largest absolute Gasteiger partial charge is 0.455 e. The Morgan fingerprint density at radius 3 is 2.70 bits per heavy atom. The van der Waals surface area contributed by atoms with Crippen molar-refractivity contribution < 1.29 is 9.53 Å². The lowest BCUT2D eigenvalue weighted by atomic mass is 10.0. The first-order valence-corrected chi connectivity index (χ1v) is 6.93. The highest BCUT2D eigenvalue weighted by molar-refractivity contribution is 5.88. The number of nitrogens with zero attached hydrogens (tertiary/aromatic N) is 2. The van der Waals surface area contributed by atoms with E-state index >= 15 is 0 Å². The van der Waals surface area contributed by atoms with Gasteiger partial charge < -0.3 is 9.64 Å². The van der Waals surface area contributed by atoms with Crippen molar-refractivity contribution in [1.82, 2.24) is 9.88 Å². The summed E-state index contributed by atoms with van der Waals surface area (Å²) in [4.78, 5) is 18.7. The third-order valence-electron chi connectivity index (χ3n) is 3.10. The van der Waals surface area contributed by atoms with Gasteiger partial charge in [-0.25, -0.2) is 9.78 Å². The number of pyridine rings is 1. The lowest BCUT2D eigenvalue weighted by molar-refractivity contribution is 0.00627. The van der Waals surface area contributed by atoms with Crippen LogP contribution in [0.3, 0.4) is 0 Å². The Morgan fingerprint density at radius 2 is 2.10 bits per heavy atom. The van der Waals surface area contributed by atoms with Crippen molar-refractivity contribution in [2.75, 3.05) is 20.1 Å². The van der Waals surface area contributed by atoms with Crippen LogP contribution in [0.1, 0.15) is 43.4 Å². The van der Waals surface area contributed by atoms with E-state index in [-0.39, 0.29) is 5.97 Å². The molecule has 0 saturated heterocycles. The lowest BCUT2D eigenvalue weighted by Gasteiger charge is -2.22. The minimum atomic E-state index is -0.498. The normalized spacial score (nSPS) is 16.7. The second kappa shape index (κ2) is 5.75. The van der Waals surface area contributed by atoms with Crippen LogP contribution in [0.25, 0.3) is 5.57 Å². The van der Waals surface area contributed by atoms with Gasteiger partial charge in [0.2, 0.25) is 0 Å². The number of likely N-dealkylation sites (N-methyl/N-ethyl adjacent to an activating group) is 1. The zero-order valence-electron chi connectivity index (χ0n) is 12.6. The van der Waals surface area contributed by atoms with E-state index in [2.05, 4.69) is 23.0 Å². The van der Waals surface area contributed by atoms with Gasteiger partial charge in [0.25, 0.3) is 0 Å². The first kappa shape index (κ1) is 14.7. The van der Waals surface area contributed by atoms with Crippen LogP contribution in [0, 0.1) is 0 Å². The Hall–Kier alpha value is -1.68. The molecule has 0 aliphatic carbocycles. The van der Waals surface area contributed by atoms with Crippen LogP contribution < -0.4 is 0 Å². The second-order valence-electron chi connectivity index (χ2n) is 6.15. The number of hydrogen-bond acceptors (Lipinski definition) is 4. The van der Waals surface area contributed by atoms with Crippen LogP contribution in [-0.4, -0.2) is 41.6 Å². The van der Waals surface area contributed by atoms with Crippen LogP contribution in [0.15, 0.2) is 24.3 Å². The molecule has 4 heteroatoms. The van der Waals surface area contributed by atoms with Gasteiger partial charge in [0, 0.05) is 13.1 Å². The molecular weight excluding hydrogens is 252 g/mol. The summed E-state index contributed by atoms with van der Waals surface area (Å²) in [7, 11) is 2.10. The molecule has 0 N–H and O–H groups in total. The topological polar surface area (TPSA) is 42.4 Å². The van der Waals surface area contributed by atoms with Crippen molar-refractivity contribution in [1.29, 1.82) is 0 Å². The van der Waals surface area contributed by atoms with E-state index in [4.69, 9.17) is 4.74 Å². The Bertz CT molecular complexity index is 530. The van der Waals surface area contributed by atoms with Gasteiger partial charge in [-0.15, -0.1) is 0 Å². The van der Waals surface area contributed by atoms with Gasteiger partial charge in [0.05, 0.1) is 5.69 Å². The van der Waals surface area contributed by atoms with Crippen molar-refractivity contribution >= 4 is 11.5 Å². The van der Waals surface area contributed by atoms with Gasteiger partial charge in [-0.2, -0.15) is 0 Å². The smallest absolute Gasteiger partial charge is 0.357 e. The Morgan fingerprint density at radius 1 is 1.35 bits per heavy atom. The van der Waals surface area contributed by atoms with Gasteiger partial charge in [0.15, 0.2) is 0 Å². The van der Waals surface area contributed by atoms with Crippen LogP contribution in [0.5, 0.6) is 0 Å². The predicted molar refractivity (Wildman–Crippen MR) is 79.5 cm³/mol. The molecule has 0 aromatic carbocycles. The van der Waals surface area contributed by atoms with Crippen LogP contribution >= 0.6 is 0 Å². The van der Waals surface area contributed by atoms with Crippen molar-refractivity contribution in [3.05, 3.63) is 35.7 Å². The maximum Gasteiger partial charge on any atom is 0.357 e. The molecule has 0 unspecified atom stereocenters. The Kier molecular flexibility index (Phi) is 4.23. The molecule has 0 radical (unpaired) electrons. The number of esters is 1. The summed E-state index contributed by atoms with van der Waals surface area (Å²) in [6, 6.07) is 5.51. The quantitative estimate of drug-likeness (QED) is 0.778. The number of aromatic nitrogens is 1. The number of hydrogen-bond donors (Lipinski definition) is 0. The number of rotatable bonds is 2. The fourth-order valence-electron chi connectivity index (χ4n) is 2.06. The fourth-order valence-corrected chi connectivity index (χ4v) is 2.06. The van der Waals surface area contributed by atoms with Crippen molar-refractivity contribution in [2.24, 2.45) is 0 Å². The standard InChI is InChI=1S/C16H22N2O2/c1-16(2,3)20-15(19)14-7-5-6-13(17-14)12-8-10-18(4)11-9-12/h5-8H,9-11H2,1-4H3. The minimum absolute atomic E-state index is 0.368. The average Bonchev–Trinajstić information content (AvgIpc) is 2.38. The molecule has 1 aromatic rings. The highest BCUT2D eigenvalue weighted by Gasteiger charge is 2.19. The molecule has 108 valence electrons. The van der Waals surface area contributed by atoms with Gasteiger partial charge >= 0.3 is 5.97 Å². The van der Waals surface area contributed by atoms with Crippen LogP contribution in [0.2, 0.25) is 0 Å². The maximum atomic E-state index is 12.0. The zero-order chi connectivity index (χ0) is 14.8. The summed E-state index contributed by atoms with van der Waals surface area (Å²) < 4.78 is 5.35. The maximum absolute atomic E-state index is 12.0. The molecule has 0 amide bonds. The molecule has 4 nitrogen and oxygen atoms in total. The highest BCUT2D eigenvalue weighted by Crippen LogP contribution is 2.21. The van der Waals surface area contributed by atoms with Crippen LogP contribution in [0.4, 0.5) is 0 Å². The molecule has 1 aliphatic heterocycles. The van der Waals surface area contributed by atoms with Crippen molar-refractivity contribution in [3.63, 3.8) is 0 Å². The monoisotopic (exact) mass is 274 g/mol. The number of ether oxygens (including phenoxy) is 1. The summed E-state index contributed by atoms with van der Waals surface area (Å²) in [5.74, 6) is -0.368. The lowest BCUT2D eigenvalue weighted by Crippen LogP contribution is -2.25. The molecule has 0 bridgehead atoms. The minimum Gasteiger partial charge on any atom is -0.455 e. The van der Waals surface area contributed by atoms with E-state index in [1.54, 1.807) is 6.07 Å². The first-order chi connectivity index (χ1) is 9.35. The molecule has 0 spiro atoms. The summed E-state index contributed by atoms with van der Waals surface area (Å²) in [5, 5.41) is 0. The van der Waals surface area contributed by atoms with Gasteiger partial charge in [-0.1, -0.05) is 12.1 Å². The molecule has 1 aromatic heterocycles. The van der Waals surface area contributed by atoms with E-state index in [1.807, 2.05) is 32.9 Å². The average molecular weight is 274 g/mol. The van der Waals surface area contributed by atoms with E-state index in [1.165, 1.54) is 5.57 Å². The third kappa shape index (κ3) is 3.90. The summed E-state index contributed by atoms with van der Waals surface area (Å²) in [5.41, 5.74) is 1.95. The fraction of sp³-hybridized carbons (Fsp3) is 0.500. The van der Waals surface area contributed by atoms with E-state index < -0.39 is 5.60 Å². The van der Waals surface area contributed by atoms with Crippen molar-refractivity contribution in [3.8, 4) is 0 Å². The van der Waals surface area contributed by atoms with Crippen LogP contribution in [-0.2, 0) is 4.74 Å². The molecule has 0 atom stereocenters. The molecular formula is C16H22N2O2. The van der Waals surface area contributed by atoms with E-state index in [0.29, 0.717) is 5.69 Å². The summed E-state index contributed by atoms with van der Waals surface area (Å²) in [6.45, 7) is 7.51. The molecule has 2 rings (SSSR count). The number of carbonyl (C=O) groups excluding carboxylic acids is 1. The molecule has 20 heavy (non-hydrogen) atoms. The molecule has 1 aliphatic rings. The Balaban J connectivity index is 2.18. The van der Waals surface area contributed by atoms with Gasteiger partial charge in [0.1, 0.15) is 11.3 Å². The van der Waals surface area contributed by atoms with Crippen molar-refractivity contribution in [2.45, 2.75) is 32.8 Å². The highest BCUT2D eigenvalue weighted by atomic mass is 16.6. The SMILES string of the molecule is CN1CC=C(c2cccc(C(=O)OC(C)(C)C)n2)CC1. The Labute approximate surface area is 120 Å². The summed E-state index contributed by atoms with van der Waals surface area (Å²) in [6.07, 6.45) is 3.13. The summed E-state index contributed by atoms with van der Waals surface area (Å²) >= 11 is 0. The van der Waals surface area contributed by atoms with E-state index in [0.717, 1.165) is 25.2 Å². The molecule has 0 saturated carbocycles. The van der Waals surface area contributed by atoms with Gasteiger partial charge in [-0.3, -0.25) is 0 Å². The number of carbonyl (C=O) groups is 1.